The lowest BCUT2D eigenvalue weighted by Crippen LogP contribution is -2.42. The number of rotatable bonds is 3. The SMILES string of the molecule is CS(=O)(=O)/C=C/CNC(=O)N1CCCCC1.N#Cc1ccccc1.[HH]. The molecular weight excluding hydrogens is 326 g/mol. The van der Waals surface area contributed by atoms with Crippen molar-refractivity contribution in [3.05, 3.63) is 47.4 Å². The van der Waals surface area contributed by atoms with Gasteiger partial charge in [-0.05, 0) is 31.4 Å². The minimum Gasteiger partial charge on any atom is -0.334 e. The zero-order valence-electron chi connectivity index (χ0n) is 13.8. The molecule has 2 amide bonds. The molecule has 0 aromatic heterocycles. The van der Waals surface area contributed by atoms with Crippen molar-refractivity contribution in [1.29, 1.82) is 5.26 Å². The minimum atomic E-state index is -3.09. The fraction of sp³-hybridized carbons (Fsp3) is 0.412. The Morgan fingerprint density at radius 1 is 1.29 bits per heavy atom. The molecule has 0 bridgehead atoms. The van der Waals surface area contributed by atoms with Crippen molar-refractivity contribution >= 4 is 15.9 Å². The Labute approximate surface area is 145 Å². The van der Waals surface area contributed by atoms with Gasteiger partial charge >= 0.3 is 6.03 Å². The van der Waals surface area contributed by atoms with Crippen molar-refractivity contribution in [2.45, 2.75) is 19.3 Å². The molecule has 7 heteroatoms. The Balaban J connectivity index is 0.000000540. The minimum absolute atomic E-state index is 0. The van der Waals surface area contributed by atoms with E-state index in [1.807, 2.05) is 24.3 Å². The van der Waals surface area contributed by atoms with Gasteiger partial charge in [-0.1, -0.05) is 24.3 Å². The van der Waals surface area contributed by atoms with E-state index in [1.165, 1.54) is 12.5 Å². The number of sulfone groups is 1. The molecule has 1 N–H and O–H groups in total. The molecule has 132 valence electrons. The van der Waals surface area contributed by atoms with Crippen molar-refractivity contribution in [3.63, 3.8) is 0 Å². The van der Waals surface area contributed by atoms with E-state index < -0.39 is 9.84 Å². The topological polar surface area (TPSA) is 90.3 Å². The molecule has 1 saturated heterocycles. The number of hydrogen-bond donors (Lipinski definition) is 1. The van der Waals surface area contributed by atoms with E-state index in [1.54, 1.807) is 17.0 Å². The number of carbonyl (C=O) groups is 1. The van der Waals surface area contributed by atoms with E-state index >= 15 is 0 Å². The Hall–Kier alpha value is -2.33. The van der Waals surface area contributed by atoms with Crippen LogP contribution in [0.25, 0.3) is 0 Å². The number of nitrogens with zero attached hydrogens (tertiary/aromatic N) is 2. The van der Waals surface area contributed by atoms with Crippen molar-refractivity contribution in [2.75, 3.05) is 25.9 Å². The van der Waals surface area contributed by atoms with Crippen LogP contribution in [0.2, 0.25) is 0 Å². The number of nitriles is 1. The van der Waals surface area contributed by atoms with Crippen LogP contribution in [0, 0.1) is 11.3 Å². The number of piperidine rings is 1. The van der Waals surface area contributed by atoms with Gasteiger partial charge in [0.15, 0.2) is 9.84 Å². The molecule has 0 aliphatic carbocycles. The first-order valence-electron chi connectivity index (χ1n) is 7.77. The van der Waals surface area contributed by atoms with Gasteiger partial charge in [-0.2, -0.15) is 5.26 Å². The number of hydrogen-bond acceptors (Lipinski definition) is 4. The number of nitrogens with one attached hydrogen (secondary N) is 1. The standard InChI is InChI=1S/C10H18N2O3S.C7H5N.H2/c1-16(14,15)9-5-6-11-10(13)12-7-3-2-4-8-12;8-6-7-4-2-1-3-5-7;/h5,9H,2-4,6-8H2,1H3,(H,11,13);1-5H;1H/b9-5+;;. The zero-order valence-corrected chi connectivity index (χ0v) is 14.6. The van der Waals surface area contributed by atoms with Gasteiger partial charge in [-0.15, -0.1) is 0 Å². The normalized spacial score (nSPS) is 14.4. The summed E-state index contributed by atoms with van der Waals surface area (Å²) >= 11 is 0. The number of carbonyl (C=O) groups excluding carboxylic acids is 1. The fourth-order valence-electron chi connectivity index (χ4n) is 2.09. The molecule has 1 aliphatic heterocycles. The lowest BCUT2D eigenvalue weighted by Gasteiger charge is -2.26. The third-order valence-electron chi connectivity index (χ3n) is 3.26. The molecule has 1 aromatic rings. The van der Waals surface area contributed by atoms with Crippen LogP contribution in [-0.4, -0.2) is 45.2 Å². The van der Waals surface area contributed by atoms with E-state index in [9.17, 15) is 13.2 Å². The van der Waals surface area contributed by atoms with Gasteiger partial charge in [-0.3, -0.25) is 0 Å². The summed E-state index contributed by atoms with van der Waals surface area (Å²) in [4.78, 5) is 13.3. The van der Waals surface area contributed by atoms with Gasteiger partial charge in [-0.25, -0.2) is 13.2 Å². The van der Waals surface area contributed by atoms with Gasteiger partial charge in [0.05, 0.1) is 11.6 Å². The molecule has 1 aliphatic rings. The van der Waals surface area contributed by atoms with Gasteiger partial charge in [0.25, 0.3) is 0 Å². The van der Waals surface area contributed by atoms with Crippen LogP contribution >= 0.6 is 0 Å². The first-order chi connectivity index (χ1) is 11.4. The van der Waals surface area contributed by atoms with Gasteiger partial charge in [0.2, 0.25) is 0 Å². The maximum Gasteiger partial charge on any atom is 0.317 e. The highest BCUT2D eigenvalue weighted by Gasteiger charge is 2.14. The summed E-state index contributed by atoms with van der Waals surface area (Å²) in [5.41, 5.74) is 0.715. The first kappa shape index (κ1) is 19.7. The van der Waals surface area contributed by atoms with E-state index in [-0.39, 0.29) is 14.0 Å². The third kappa shape index (κ3) is 8.96. The van der Waals surface area contributed by atoms with Crippen LogP contribution in [0.3, 0.4) is 0 Å². The molecule has 0 unspecified atom stereocenters. The lowest BCUT2D eigenvalue weighted by molar-refractivity contribution is 0.187. The molecular formula is C17H25N3O3S. The van der Waals surface area contributed by atoms with Gasteiger partial charge in [0.1, 0.15) is 0 Å². The summed E-state index contributed by atoms with van der Waals surface area (Å²) in [5, 5.41) is 12.0. The van der Waals surface area contributed by atoms with Crippen LogP contribution < -0.4 is 5.32 Å². The van der Waals surface area contributed by atoms with Crippen molar-refractivity contribution in [3.8, 4) is 6.07 Å². The molecule has 24 heavy (non-hydrogen) atoms. The highest BCUT2D eigenvalue weighted by atomic mass is 32.2. The molecule has 0 radical (unpaired) electrons. The Kier molecular flexibility index (Phi) is 8.58. The summed E-state index contributed by atoms with van der Waals surface area (Å²) < 4.78 is 21.5. The predicted octanol–water partition coefficient (Wildman–Crippen LogP) is 2.54. The molecule has 0 spiro atoms. The van der Waals surface area contributed by atoms with Crippen LogP contribution in [0.1, 0.15) is 26.3 Å². The smallest absolute Gasteiger partial charge is 0.317 e. The summed E-state index contributed by atoms with van der Waals surface area (Å²) in [6, 6.07) is 11.1. The quantitative estimate of drug-likeness (QED) is 0.906. The number of benzene rings is 1. The van der Waals surface area contributed by atoms with Crippen LogP contribution in [0.15, 0.2) is 41.8 Å². The van der Waals surface area contributed by atoms with E-state index in [2.05, 4.69) is 5.32 Å². The summed E-state index contributed by atoms with van der Waals surface area (Å²) in [6.45, 7) is 1.84. The monoisotopic (exact) mass is 351 g/mol. The fourth-order valence-corrected chi connectivity index (χ4v) is 2.54. The van der Waals surface area contributed by atoms with Crippen molar-refractivity contribution in [2.24, 2.45) is 0 Å². The molecule has 6 nitrogen and oxygen atoms in total. The first-order valence-corrected chi connectivity index (χ1v) is 9.72. The highest BCUT2D eigenvalue weighted by Crippen LogP contribution is 2.08. The number of urea groups is 1. The molecule has 1 aromatic carbocycles. The van der Waals surface area contributed by atoms with Gasteiger partial charge in [0, 0.05) is 32.7 Å². The lowest BCUT2D eigenvalue weighted by atomic mass is 10.1. The Morgan fingerprint density at radius 2 is 1.92 bits per heavy atom. The van der Waals surface area contributed by atoms with Crippen molar-refractivity contribution in [1.82, 2.24) is 10.2 Å². The molecule has 2 rings (SSSR count). The van der Waals surface area contributed by atoms with Crippen LogP contribution in [0.5, 0.6) is 0 Å². The van der Waals surface area contributed by atoms with E-state index in [0.29, 0.717) is 5.56 Å². The highest BCUT2D eigenvalue weighted by molar-refractivity contribution is 7.93. The van der Waals surface area contributed by atoms with Crippen molar-refractivity contribution < 1.29 is 14.6 Å². The predicted molar refractivity (Wildman–Crippen MR) is 96.1 cm³/mol. The molecule has 1 fully saturated rings. The maximum absolute atomic E-state index is 11.6. The van der Waals surface area contributed by atoms with E-state index in [0.717, 1.165) is 37.6 Å². The van der Waals surface area contributed by atoms with Gasteiger partial charge < -0.3 is 10.2 Å². The summed E-state index contributed by atoms with van der Waals surface area (Å²) in [6.07, 6.45) is 5.84. The second-order valence-electron chi connectivity index (χ2n) is 5.41. The zero-order chi connectivity index (χ0) is 17.8. The van der Waals surface area contributed by atoms with Crippen LogP contribution in [0.4, 0.5) is 4.79 Å². The largest absolute Gasteiger partial charge is 0.334 e. The number of likely N-dealkylation sites (tertiary alicyclic amines) is 1. The number of amides is 2. The second-order valence-corrected chi connectivity index (χ2v) is 7.34. The molecule has 0 atom stereocenters. The third-order valence-corrected chi connectivity index (χ3v) is 3.95. The Morgan fingerprint density at radius 3 is 2.42 bits per heavy atom. The summed E-state index contributed by atoms with van der Waals surface area (Å²) in [7, 11) is -3.09. The second kappa shape index (κ2) is 10.4. The van der Waals surface area contributed by atoms with E-state index in [4.69, 9.17) is 5.26 Å². The molecule has 1 heterocycles. The average Bonchev–Trinajstić information content (AvgIpc) is 2.60. The Bertz CT molecular complexity index is 679. The maximum atomic E-state index is 11.6. The molecule has 0 saturated carbocycles. The average molecular weight is 351 g/mol. The summed E-state index contributed by atoms with van der Waals surface area (Å²) in [5.74, 6) is 0. The van der Waals surface area contributed by atoms with Crippen LogP contribution in [-0.2, 0) is 9.84 Å².